The van der Waals surface area contributed by atoms with Crippen molar-refractivity contribution in [1.82, 2.24) is 16.1 Å². The Kier molecular flexibility index (Phi) is 4.83. The number of hydroxylamine groups is 1. The van der Waals surface area contributed by atoms with Gasteiger partial charge in [0, 0.05) is 6.54 Å². The topological polar surface area (TPSA) is 90.5 Å². The van der Waals surface area contributed by atoms with Crippen molar-refractivity contribution in [2.45, 2.75) is 6.92 Å². The molecular weight excluding hydrogens is 150 g/mol. The molecule has 0 spiro atoms. The van der Waals surface area contributed by atoms with Gasteiger partial charge < -0.3 is 10.6 Å². The first-order valence-electron chi connectivity index (χ1n) is 3.02. The number of amides is 3. The zero-order valence-corrected chi connectivity index (χ0v) is 6.05. The Morgan fingerprint density at radius 3 is 2.64 bits per heavy atom. The summed E-state index contributed by atoms with van der Waals surface area (Å²) in [5.74, 6) is -0.781. The van der Waals surface area contributed by atoms with Crippen molar-refractivity contribution in [3.05, 3.63) is 6.54 Å². The molecule has 6 heteroatoms. The number of hydrogen-bond acceptors (Lipinski definition) is 3. The summed E-state index contributed by atoms with van der Waals surface area (Å²) in [6.07, 6.45) is 0. The summed E-state index contributed by atoms with van der Waals surface area (Å²) in [7, 11) is 0. The van der Waals surface area contributed by atoms with Gasteiger partial charge in [0.25, 0.3) is 5.91 Å². The van der Waals surface area contributed by atoms with Gasteiger partial charge in [-0.25, -0.2) is 10.3 Å². The molecule has 0 aromatic heterocycles. The van der Waals surface area contributed by atoms with Crippen molar-refractivity contribution >= 4 is 11.9 Å². The van der Waals surface area contributed by atoms with E-state index in [-0.39, 0.29) is 0 Å². The summed E-state index contributed by atoms with van der Waals surface area (Å²) in [6.45, 7) is 3.02. The third-order valence-electron chi connectivity index (χ3n) is 0.782. The molecule has 0 atom stereocenters. The molecule has 0 aliphatic rings. The van der Waals surface area contributed by atoms with Gasteiger partial charge in [0.05, 0.1) is 0 Å². The number of rotatable bonds is 3. The van der Waals surface area contributed by atoms with Crippen LogP contribution in [0.3, 0.4) is 0 Å². The molecule has 0 heterocycles. The van der Waals surface area contributed by atoms with Gasteiger partial charge in [0.15, 0.2) is 0 Å². The van der Waals surface area contributed by atoms with E-state index in [1.54, 1.807) is 6.92 Å². The van der Waals surface area contributed by atoms with E-state index < -0.39 is 11.9 Å². The summed E-state index contributed by atoms with van der Waals surface area (Å²) in [6, 6.07) is -0.490. The van der Waals surface area contributed by atoms with Gasteiger partial charge in [-0.05, 0) is 6.92 Å². The van der Waals surface area contributed by atoms with Crippen LogP contribution < -0.4 is 16.1 Å². The van der Waals surface area contributed by atoms with E-state index in [0.717, 1.165) is 6.54 Å². The zero-order chi connectivity index (χ0) is 8.69. The highest BCUT2D eigenvalue weighted by Gasteiger charge is 2.01. The van der Waals surface area contributed by atoms with E-state index in [1.165, 1.54) is 5.48 Å². The fraction of sp³-hybridized carbons (Fsp3) is 0.400. The highest BCUT2D eigenvalue weighted by Crippen LogP contribution is 1.70. The minimum absolute atomic E-state index is 0.473. The first kappa shape index (κ1) is 9.70. The predicted molar refractivity (Wildman–Crippen MR) is 36.4 cm³/mol. The summed E-state index contributed by atoms with van der Waals surface area (Å²) in [5.41, 5.74) is 1.33. The Morgan fingerprint density at radius 2 is 2.18 bits per heavy atom. The average molecular weight is 160 g/mol. The number of hydrogen-bond donors (Lipinski definition) is 4. The molecule has 0 aromatic rings. The fourth-order valence-electron chi connectivity index (χ4n) is 0.375. The largest absolute Gasteiger partial charge is 0.338 e. The SMILES string of the molecule is CCNC(=O)N[CH]C(=O)NO. The first-order valence-corrected chi connectivity index (χ1v) is 3.02. The molecule has 1 radical (unpaired) electrons. The molecule has 4 N–H and O–H groups in total. The van der Waals surface area contributed by atoms with Crippen molar-refractivity contribution in [2.24, 2.45) is 0 Å². The molecular formula is C5H10N3O3. The molecule has 63 valence electrons. The van der Waals surface area contributed by atoms with Crippen molar-refractivity contribution in [1.29, 1.82) is 0 Å². The maximum Gasteiger partial charge on any atom is 0.315 e. The van der Waals surface area contributed by atoms with Crippen molar-refractivity contribution < 1.29 is 14.8 Å². The van der Waals surface area contributed by atoms with Crippen LogP contribution >= 0.6 is 0 Å². The Balaban J connectivity index is 3.38. The van der Waals surface area contributed by atoms with Crippen LogP contribution in [0.5, 0.6) is 0 Å². The van der Waals surface area contributed by atoms with Crippen LogP contribution in [0.25, 0.3) is 0 Å². The second-order valence-corrected chi connectivity index (χ2v) is 1.62. The Hall–Kier alpha value is -1.30. The van der Waals surface area contributed by atoms with E-state index in [1.807, 2.05) is 0 Å². The van der Waals surface area contributed by atoms with Crippen LogP contribution in [0.1, 0.15) is 6.92 Å². The number of carbonyl (C=O) groups excluding carboxylic acids is 2. The van der Waals surface area contributed by atoms with Gasteiger partial charge >= 0.3 is 6.03 Å². The van der Waals surface area contributed by atoms with Crippen molar-refractivity contribution in [3.8, 4) is 0 Å². The Morgan fingerprint density at radius 1 is 1.55 bits per heavy atom. The van der Waals surface area contributed by atoms with E-state index in [0.29, 0.717) is 6.54 Å². The molecule has 0 aliphatic heterocycles. The lowest BCUT2D eigenvalue weighted by molar-refractivity contribution is -0.125. The van der Waals surface area contributed by atoms with Gasteiger partial charge in [-0.15, -0.1) is 0 Å². The number of carbonyl (C=O) groups is 2. The number of nitrogens with one attached hydrogen (secondary N) is 3. The fourth-order valence-corrected chi connectivity index (χ4v) is 0.375. The van der Waals surface area contributed by atoms with E-state index in [4.69, 9.17) is 5.21 Å². The summed E-state index contributed by atoms with van der Waals surface area (Å²) in [5, 5.41) is 12.4. The standard InChI is InChI=1S/C5H10N3O3/c1-2-6-5(10)7-3-4(9)8-11/h3,11H,2H2,1H3,(H,8,9)(H2,6,7,10). The second-order valence-electron chi connectivity index (χ2n) is 1.62. The van der Waals surface area contributed by atoms with Gasteiger partial charge in [0.2, 0.25) is 0 Å². The molecule has 0 bridgehead atoms. The average Bonchev–Trinajstić information content (AvgIpc) is 2.01. The van der Waals surface area contributed by atoms with E-state index in [9.17, 15) is 9.59 Å². The molecule has 0 aromatic carbocycles. The van der Waals surface area contributed by atoms with Crippen LogP contribution in [0.2, 0.25) is 0 Å². The smallest absolute Gasteiger partial charge is 0.315 e. The zero-order valence-electron chi connectivity index (χ0n) is 6.05. The maximum atomic E-state index is 10.5. The molecule has 0 unspecified atom stereocenters. The lowest BCUT2D eigenvalue weighted by atomic mass is 10.6. The molecule has 0 rings (SSSR count). The quantitative estimate of drug-likeness (QED) is 0.314. The maximum absolute atomic E-state index is 10.5. The second kappa shape index (κ2) is 5.48. The predicted octanol–water partition coefficient (Wildman–Crippen LogP) is -1.03. The highest BCUT2D eigenvalue weighted by atomic mass is 16.5. The molecule has 3 amide bonds. The summed E-state index contributed by atoms with van der Waals surface area (Å²) < 4.78 is 0. The highest BCUT2D eigenvalue weighted by molar-refractivity contribution is 5.88. The first-order chi connectivity index (χ1) is 5.20. The molecule has 0 saturated heterocycles. The Bertz CT molecular complexity index is 148. The van der Waals surface area contributed by atoms with Gasteiger partial charge in [0.1, 0.15) is 6.54 Å². The number of urea groups is 1. The molecule has 0 fully saturated rings. The summed E-state index contributed by atoms with van der Waals surface area (Å²) >= 11 is 0. The van der Waals surface area contributed by atoms with E-state index >= 15 is 0 Å². The Labute approximate surface area is 63.9 Å². The molecule has 6 nitrogen and oxygen atoms in total. The van der Waals surface area contributed by atoms with Crippen LogP contribution in [-0.2, 0) is 4.79 Å². The third-order valence-corrected chi connectivity index (χ3v) is 0.782. The third kappa shape index (κ3) is 5.16. The van der Waals surface area contributed by atoms with Crippen LogP contribution in [0.15, 0.2) is 0 Å². The van der Waals surface area contributed by atoms with Gasteiger partial charge in [-0.3, -0.25) is 10.0 Å². The van der Waals surface area contributed by atoms with Crippen molar-refractivity contribution in [3.63, 3.8) is 0 Å². The minimum atomic E-state index is -0.781. The lowest BCUT2D eigenvalue weighted by Crippen LogP contribution is -2.37. The van der Waals surface area contributed by atoms with Gasteiger partial charge in [-0.2, -0.15) is 0 Å². The monoisotopic (exact) mass is 160 g/mol. The summed E-state index contributed by atoms with van der Waals surface area (Å²) in [4.78, 5) is 20.8. The molecule has 11 heavy (non-hydrogen) atoms. The van der Waals surface area contributed by atoms with Gasteiger partial charge in [-0.1, -0.05) is 0 Å². The minimum Gasteiger partial charge on any atom is -0.338 e. The van der Waals surface area contributed by atoms with Crippen LogP contribution in [0, 0.1) is 6.54 Å². The lowest BCUT2D eigenvalue weighted by Gasteiger charge is -2.02. The van der Waals surface area contributed by atoms with Crippen LogP contribution in [-0.4, -0.2) is 23.7 Å². The van der Waals surface area contributed by atoms with E-state index in [2.05, 4.69) is 10.6 Å². The molecule has 0 aliphatic carbocycles. The van der Waals surface area contributed by atoms with Crippen molar-refractivity contribution in [2.75, 3.05) is 6.54 Å². The van der Waals surface area contributed by atoms with Crippen LogP contribution in [0.4, 0.5) is 4.79 Å². The molecule has 0 saturated carbocycles. The normalized spacial score (nSPS) is 8.55.